The fourth-order valence-electron chi connectivity index (χ4n) is 0.304. The molecule has 0 saturated heterocycles. The van der Waals surface area contributed by atoms with Gasteiger partial charge in [0.2, 0.25) is 0 Å². The summed E-state index contributed by atoms with van der Waals surface area (Å²) in [6.07, 6.45) is 0. The zero-order valence-electron chi connectivity index (χ0n) is 5.50. The Kier molecular flexibility index (Phi) is 4.20. The van der Waals surface area contributed by atoms with E-state index in [1.807, 2.05) is 0 Å². The minimum Gasteiger partial charge on any atom is -0.463 e. The van der Waals surface area contributed by atoms with Gasteiger partial charge in [0, 0.05) is 6.92 Å². The third-order valence-corrected chi connectivity index (χ3v) is 0.765. The largest absolute Gasteiger partial charge is 0.463 e. The maximum Gasteiger partial charge on any atom is 0.302 e. The minimum atomic E-state index is -0.844. The number of carbonyl (C=O) groups excluding carboxylic acids is 1. The zero-order valence-corrected chi connectivity index (χ0v) is 5.50. The molecule has 0 aromatic heterocycles. The maximum atomic E-state index is 10.1. The monoisotopic (exact) mass is 144 g/mol. The molecule has 10 heavy (non-hydrogen) atoms. The van der Waals surface area contributed by atoms with E-state index in [0.29, 0.717) is 0 Å². The van der Waals surface area contributed by atoms with Crippen LogP contribution in [0.4, 0.5) is 0 Å². The fourth-order valence-corrected chi connectivity index (χ4v) is 0.304. The summed E-state index contributed by atoms with van der Waals surface area (Å²) in [5, 5.41) is 16.4. The summed E-state index contributed by atoms with van der Waals surface area (Å²) < 4.78 is 4.40. The average Bonchev–Trinajstić information content (AvgIpc) is 1.90. The number of nitrogens with zero attached hydrogens (tertiary/aromatic N) is 1. The van der Waals surface area contributed by atoms with E-state index in [1.54, 1.807) is 11.5 Å². The smallest absolute Gasteiger partial charge is 0.302 e. The van der Waals surface area contributed by atoms with Crippen molar-refractivity contribution in [2.24, 2.45) is 0 Å². The number of hydrogen-bond donors (Lipinski definition) is 2. The van der Waals surface area contributed by atoms with Crippen molar-refractivity contribution in [3.8, 4) is 6.07 Å². The second kappa shape index (κ2) is 4.73. The van der Waals surface area contributed by atoms with Crippen molar-refractivity contribution in [1.82, 2.24) is 5.48 Å². The summed E-state index contributed by atoms with van der Waals surface area (Å²) in [5.41, 5.74) is 1.67. The van der Waals surface area contributed by atoms with Crippen molar-refractivity contribution in [3.05, 3.63) is 0 Å². The van der Waals surface area contributed by atoms with Crippen LogP contribution in [0.2, 0.25) is 0 Å². The molecule has 5 nitrogen and oxygen atoms in total. The van der Waals surface area contributed by atoms with Gasteiger partial charge in [-0.2, -0.15) is 10.7 Å². The van der Waals surface area contributed by atoms with Crippen LogP contribution in [0.3, 0.4) is 0 Å². The SMILES string of the molecule is CC(=O)OCC(C#N)NO. The first-order valence-electron chi connectivity index (χ1n) is 2.63. The highest BCUT2D eigenvalue weighted by Crippen LogP contribution is 1.82. The molecule has 0 radical (unpaired) electrons. The van der Waals surface area contributed by atoms with E-state index < -0.39 is 12.0 Å². The van der Waals surface area contributed by atoms with Crippen molar-refractivity contribution in [2.75, 3.05) is 6.61 Å². The van der Waals surface area contributed by atoms with E-state index in [4.69, 9.17) is 10.5 Å². The van der Waals surface area contributed by atoms with E-state index in [1.165, 1.54) is 6.92 Å². The molecule has 0 fully saturated rings. The minimum absolute atomic E-state index is 0.137. The number of ether oxygens (including phenoxy) is 1. The van der Waals surface area contributed by atoms with E-state index in [2.05, 4.69) is 4.74 Å². The van der Waals surface area contributed by atoms with Gasteiger partial charge >= 0.3 is 5.97 Å². The Morgan fingerprint density at radius 1 is 2.00 bits per heavy atom. The Morgan fingerprint density at radius 2 is 2.60 bits per heavy atom. The molecule has 2 N–H and O–H groups in total. The molecular weight excluding hydrogens is 136 g/mol. The molecule has 0 aromatic carbocycles. The van der Waals surface area contributed by atoms with E-state index in [-0.39, 0.29) is 6.61 Å². The van der Waals surface area contributed by atoms with Crippen LogP contribution >= 0.6 is 0 Å². The lowest BCUT2D eigenvalue weighted by Gasteiger charge is -2.04. The van der Waals surface area contributed by atoms with Gasteiger partial charge in [-0.3, -0.25) is 4.79 Å². The Labute approximate surface area is 58.2 Å². The van der Waals surface area contributed by atoms with Crippen molar-refractivity contribution in [2.45, 2.75) is 13.0 Å². The molecule has 5 heteroatoms. The summed E-state index contributed by atoms with van der Waals surface area (Å²) in [7, 11) is 0. The molecule has 0 saturated carbocycles. The zero-order chi connectivity index (χ0) is 7.98. The molecule has 0 rings (SSSR count). The highest BCUT2D eigenvalue weighted by Gasteiger charge is 2.05. The number of nitriles is 1. The quantitative estimate of drug-likeness (QED) is 0.409. The Balaban J connectivity index is 3.47. The normalized spacial score (nSPS) is 11.7. The van der Waals surface area contributed by atoms with Crippen LogP contribution in [0.15, 0.2) is 0 Å². The molecule has 0 heterocycles. The summed E-state index contributed by atoms with van der Waals surface area (Å²) in [6, 6.07) is 0.825. The lowest BCUT2D eigenvalue weighted by atomic mass is 10.4. The first kappa shape index (κ1) is 8.88. The highest BCUT2D eigenvalue weighted by molar-refractivity contribution is 5.65. The van der Waals surface area contributed by atoms with Crippen LogP contribution in [0.5, 0.6) is 0 Å². The molecule has 0 aliphatic heterocycles. The van der Waals surface area contributed by atoms with Gasteiger partial charge in [0.15, 0.2) is 6.04 Å². The van der Waals surface area contributed by atoms with Gasteiger partial charge in [-0.05, 0) is 0 Å². The van der Waals surface area contributed by atoms with Gasteiger partial charge in [0.1, 0.15) is 6.61 Å². The number of carbonyl (C=O) groups is 1. The summed E-state index contributed by atoms with van der Waals surface area (Å²) in [6.45, 7) is 1.09. The molecule has 1 atom stereocenters. The molecule has 0 aliphatic carbocycles. The predicted molar refractivity (Wildman–Crippen MR) is 31.0 cm³/mol. The molecular formula is C5H8N2O3. The van der Waals surface area contributed by atoms with Gasteiger partial charge in [0.05, 0.1) is 6.07 Å². The third-order valence-electron chi connectivity index (χ3n) is 0.765. The van der Waals surface area contributed by atoms with E-state index in [9.17, 15) is 4.79 Å². The summed E-state index contributed by atoms with van der Waals surface area (Å²) in [5.74, 6) is -0.476. The second-order valence-corrected chi connectivity index (χ2v) is 1.61. The standard InChI is InChI=1S/C5H8N2O3/c1-4(8)10-3-5(2-6)7-9/h5,7,9H,3H2,1H3. The number of hydrogen-bond acceptors (Lipinski definition) is 5. The number of rotatable bonds is 3. The molecule has 0 bridgehead atoms. The van der Waals surface area contributed by atoms with Gasteiger partial charge in [-0.1, -0.05) is 0 Å². The highest BCUT2D eigenvalue weighted by atomic mass is 16.5. The summed E-state index contributed by atoms with van der Waals surface area (Å²) in [4.78, 5) is 10.1. The van der Waals surface area contributed by atoms with Crippen LogP contribution in [-0.4, -0.2) is 23.8 Å². The molecule has 0 aliphatic rings. The van der Waals surface area contributed by atoms with Gasteiger partial charge in [-0.25, -0.2) is 0 Å². The predicted octanol–water partition coefficient (Wildman–Crippen LogP) is -0.580. The molecule has 56 valence electrons. The molecule has 0 amide bonds. The Morgan fingerprint density at radius 3 is 2.90 bits per heavy atom. The third kappa shape index (κ3) is 3.83. The van der Waals surface area contributed by atoms with E-state index >= 15 is 0 Å². The number of nitrogens with one attached hydrogen (secondary N) is 1. The van der Waals surface area contributed by atoms with Gasteiger partial charge in [-0.15, -0.1) is 0 Å². The molecule has 0 aromatic rings. The van der Waals surface area contributed by atoms with Crippen LogP contribution in [0.25, 0.3) is 0 Å². The van der Waals surface area contributed by atoms with Gasteiger partial charge < -0.3 is 9.94 Å². The van der Waals surface area contributed by atoms with Crippen molar-refractivity contribution >= 4 is 5.97 Å². The summed E-state index contributed by atoms with van der Waals surface area (Å²) >= 11 is 0. The molecule has 1 unspecified atom stereocenters. The second-order valence-electron chi connectivity index (χ2n) is 1.61. The number of hydroxylamine groups is 1. The van der Waals surface area contributed by atoms with Crippen LogP contribution in [0, 0.1) is 11.3 Å². The Hall–Kier alpha value is -1.12. The van der Waals surface area contributed by atoms with Gasteiger partial charge in [0.25, 0.3) is 0 Å². The van der Waals surface area contributed by atoms with Crippen molar-refractivity contribution < 1.29 is 14.7 Å². The lowest BCUT2D eigenvalue weighted by molar-refractivity contribution is -0.141. The number of esters is 1. The first-order valence-corrected chi connectivity index (χ1v) is 2.63. The fraction of sp³-hybridized carbons (Fsp3) is 0.600. The van der Waals surface area contributed by atoms with E-state index in [0.717, 1.165) is 0 Å². The topological polar surface area (TPSA) is 82.4 Å². The van der Waals surface area contributed by atoms with Crippen molar-refractivity contribution in [3.63, 3.8) is 0 Å². The maximum absolute atomic E-state index is 10.1. The van der Waals surface area contributed by atoms with Crippen molar-refractivity contribution in [1.29, 1.82) is 5.26 Å². The molecule has 0 spiro atoms. The van der Waals surface area contributed by atoms with Crippen LogP contribution in [0.1, 0.15) is 6.92 Å². The lowest BCUT2D eigenvalue weighted by Crippen LogP contribution is -2.29. The van der Waals surface area contributed by atoms with Crippen LogP contribution < -0.4 is 5.48 Å². The van der Waals surface area contributed by atoms with Crippen LogP contribution in [-0.2, 0) is 9.53 Å². The average molecular weight is 144 g/mol. The first-order chi connectivity index (χ1) is 4.70. The Bertz CT molecular complexity index is 151.